The summed E-state index contributed by atoms with van der Waals surface area (Å²) in [5.41, 5.74) is 9.27. The minimum absolute atomic E-state index is 0.0355. The van der Waals surface area contributed by atoms with Crippen molar-refractivity contribution in [1.82, 2.24) is 4.98 Å². The van der Waals surface area contributed by atoms with E-state index < -0.39 is 0 Å². The molecule has 0 N–H and O–H groups in total. The average Bonchev–Trinajstić information content (AvgIpc) is 2.58. The molecule has 1 heteroatoms. The lowest BCUT2D eigenvalue weighted by molar-refractivity contribution is 0.633. The summed E-state index contributed by atoms with van der Waals surface area (Å²) in [6.45, 7) is 18.1. The number of nitrogens with zero attached hydrogens (tertiary/aromatic N) is 1. The highest BCUT2D eigenvalue weighted by Gasteiger charge is 2.35. The van der Waals surface area contributed by atoms with E-state index in [1.54, 1.807) is 0 Å². The standard InChI is InChI=1S/C25H31N/c1-15(2)16(3)9-10-18(5)23-19(6)24-22-20(13-14-26-24)17(4)11-12-21(22)25(23,7)8/h9-15H,1-8H3/b16-9+,18-10-. The number of benzene rings is 1. The molecule has 0 atom stereocenters. The molecule has 0 radical (unpaired) electrons. The Kier molecular flexibility index (Phi) is 4.69. The van der Waals surface area contributed by atoms with Gasteiger partial charge >= 0.3 is 0 Å². The molecule has 1 aliphatic carbocycles. The maximum absolute atomic E-state index is 4.78. The molecule has 0 aliphatic heterocycles. The number of allylic oxidation sites excluding steroid dienone is 6. The van der Waals surface area contributed by atoms with E-state index in [1.807, 2.05) is 6.20 Å². The van der Waals surface area contributed by atoms with Gasteiger partial charge in [0.05, 0.1) is 5.69 Å². The monoisotopic (exact) mass is 345 g/mol. The molecule has 2 aromatic rings. The second-order valence-electron chi connectivity index (χ2n) is 8.55. The predicted molar refractivity (Wildman–Crippen MR) is 114 cm³/mol. The first-order chi connectivity index (χ1) is 12.2. The number of aryl methyl sites for hydroxylation is 1. The molecule has 0 saturated carbocycles. The molecule has 0 saturated heterocycles. The van der Waals surface area contributed by atoms with E-state index in [4.69, 9.17) is 4.98 Å². The highest BCUT2D eigenvalue weighted by atomic mass is 14.7. The fourth-order valence-electron chi connectivity index (χ4n) is 4.29. The van der Waals surface area contributed by atoms with Crippen molar-refractivity contribution in [3.63, 3.8) is 0 Å². The van der Waals surface area contributed by atoms with Crippen molar-refractivity contribution in [3.8, 4) is 0 Å². The summed E-state index contributed by atoms with van der Waals surface area (Å²) in [6, 6.07) is 6.71. The number of hydrogen-bond acceptors (Lipinski definition) is 1. The summed E-state index contributed by atoms with van der Waals surface area (Å²) in [6.07, 6.45) is 6.51. The predicted octanol–water partition coefficient (Wildman–Crippen LogP) is 7.16. The Morgan fingerprint density at radius 2 is 1.73 bits per heavy atom. The van der Waals surface area contributed by atoms with Crippen LogP contribution in [0.25, 0.3) is 16.3 Å². The molecule has 1 aromatic carbocycles. The Balaban J connectivity index is 2.28. The molecular formula is C25H31N. The topological polar surface area (TPSA) is 12.9 Å². The Hall–Kier alpha value is -2.15. The first-order valence-corrected chi connectivity index (χ1v) is 9.62. The van der Waals surface area contributed by atoms with Crippen molar-refractivity contribution in [2.45, 2.75) is 60.8 Å². The molecule has 0 unspecified atom stereocenters. The normalized spacial score (nSPS) is 17.4. The van der Waals surface area contributed by atoms with E-state index in [0.29, 0.717) is 5.92 Å². The van der Waals surface area contributed by atoms with Crippen LogP contribution in [-0.2, 0) is 5.41 Å². The second kappa shape index (κ2) is 6.54. The highest BCUT2D eigenvalue weighted by Crippen LogP contribution is 2.48. The summed E-state index contributed by atoms with van der Waals surface area (Å²) in [7, 11) is 0. The minimum atomic E-state index is -0.0355. The van der Waals surface area contributed by atoms with Gasteiger partial charge in [-0.05, 0) is 72.9 Å². The maximum atomic E-state index is 4.78. The smallest absolute Gasteiger partial charge is 0.0743 e. The summed E-state index contributed by atoms with van der Waals surface area (Å²) in [4.78, 5) is 4.78. The van der Waals surface area contributed by atoms with E-state index in [2.05, 4.69) is 85.7 Å². The first kappa shape index (κ1) is 18.6. The van der Waals surface area contributed by atoms with Crippen LogP contribution in [-0.4, -0.2) is 4.98 Å². The molecule has 1 heterocycles. The quantitative estimate of drug-likeness (QED) is 0.538. The van der Waals surface area contributed by atoms with Crippen LogP contribution in [0.4, 0.5) is 0 Å². The lowest BCUT2D eigenvalue weighted by atomic mass is 9.67. The van der Waals surface area contributed by atoms with Gasteiger partial charge in [-0.3, -0.25) is 4.98 Å². The van der Waals surface area contributed by atoms with Gasteiger partial charge in [-0.2, -0.15) is 0 Å². The van der Waals surface area contributed by atoms with Crippen LogP contribution in [0.5, 0.6) is 0 Å². The lowest BCUT2D eigenvalue weighted by Crippen LogP contribution is -2.26. The zero-order valence-electron chi connectivity index (χ0n) is 17.5. The molecule has 1 aromatic heterocycles. The third-order valence-electron chi connectivity index (χ3n) is 6.07. The fourth-order valence-corrected chi connectivity index (χ4v) is 4.29. The van der Waals surface area contributed by atoms with E-state index in [0.717, 1.165) is 5.69 Å². The Morgan fingerprint density at radius 3 is 2.38 bits per heavy atom. The Labute approximate surface area is 158 Å². The SMILES string of the molecule is CC1=C(/C(C)=C\C=C(/C)C(C)C)C(C)(C)c2ccc(C)c3ccnc1c23. The molecule has 136 valence electrons. The molecule has 26 heavy (non-hydrogen) atoms. The van der Waals surface area contributed by atoms with Gasteiger partial charge in [0, 0.05) is 17.0 Å². The molecule has 0 spiro atoms. The maximum Gasteiger partial charge on any atom is 0.0743 e. The minimum Gasteiger partial charge on any atom is -0.256 e. The van der Waals surface area contributed by atoms with Gasteiger partial charge in [-0.15, -0.1) is 0 Å². The van der Waals surface area contributed by atoms with Crippen molar-refractivity contribution >= 4 is 16.3 Å². The zero-order chi connectivity index (χ0) is 19.2. The van der Waals surface area contributed by atoms with Crippen molar-refractivity contribution in [1.29, 1.82) is 0 Å². The second-order valence-corrected chi connectivity index (χ2v) is 8.55. The third kappa shape index (κ3) is 2.84. The van der Waals surface area contributed by atoms with E-state index in [-0.39, 0.29) is 5.41 Å². The van der Waals surface area contributed by atoms with Crippen LogP contribution in [0, 0.1) is 12.8 Å². The zero-order valence-corrected chi connectivity index (χ0v) is 17.5. The van der Waals surface area contributed by atoms with Crippen molar-refractivity contribution in [2.75, 3.05) is 0 Å². The Bertz CT molecular complexity index is 965. The largest absolute Gasteiger partial charge is 0.256 e. The molecule has 0 bridgehead atoms. The van der Waals surface area contributed by atoms with Crippen LogP contribution >= 0.6 is 0 Å². The van der Waals surface area contributed by atoms with E-state index in [9.17, 15) is 0 Å². The first-order valence-electron chi connectivity index (χ1n) is 9.62. The third-order valence-corrected chi connectivity index (χ3v) is 6.07. The van der Waals surface area contributed by atoms with Gasteiger partial charge in [0.15, 0.2) is 0 Å². The van der Waals surface area contributed by atoms with Gasteiger partial charge in [0.1, 0.15) is 0 Å². The summed E-state index contributed by atoms with van der Waals surface area (Å²) >= 11 is 0. The van der Waals surface area contributed by atoms with Crippen LogP contribution in [0.3, 0.4) is 0 Å². The number of hydrogen-bond donors (Lipinski definition) is 0. The highest BCUT2D eigenvalue weighted by molar-refractivity contribution is 6.00. The van der Waals surface area contributed by atoms with Gasteiger partial charge < -0.3 is 0 Å². The average molecular weight is 346 g/mol. The van der Waals surface area contributed by atoms with Gasteiger partial charge in [0.2, 0.25) is 0 Å². The van der Waals surface area contributed by atoms with Crippen LogP contribution in [0.1, 0.15) is 65.3 Å². The van der Waals surface area contributed by atoms with E-state index >= 15 is 0 Å². The molecule has 0 fully saturated rings. The molecule has 1 nitrogen and oxygen atoms in total. The fraction of sp³-hybridized carbons (Fsp3) is 0.400. The Morgan fingerprint density at radius 1 is 1.04 bits per heavy atom. The van der Waals surface area contributed by atoms with Gasteiger partial charge in [-0.25, -0.2) is 0 Å². The van der Waals surface area contributed by atoms with Crippen molar-refractivity contribution in [2.24, 2.45) is 5.92 Å². The van der Waals surface area contributed by atoms with Crippen LogP contribution in [0.15, 0.2) is 53.3 Å². The molecule has 0 amide bonds. The summed E-state index contributed by atoms with van der Waals surface area (Å²) in [5, 5.41) is 2.66. The van der Waals surface area contributed by atoms with Crippen LogP contribution in [0.2, 0.25) is 0 Å². The van der Waals surface area contributed by atoms with Gasteiger partial charge in [-0.1, -0.05) is 57.6 Å². The lowest BCUT2D eigenvalue weighted by Gasteiger charge is -2.37. The summed E-state index contributed by atoms with van der Waals surface area (Å²) < 4.78 is 0. The molecule has 3 rings (SSSR count). The number of rotatable bonds is 3. The molecular weight excluding hydrogens is 314 g/mol. The van der Waals surface area contributed by atoms with Crippen molar-refractivity contribution in [3.05, 3.63) is 70.1 Å². The van der Waals surface area contributed by atoms with Crippen molar-refractivity contribution < 1.29 is 0 Å². The molecule has 1 aliphatic rings. The van der Waals surface area contributed by atoms with Crippen LogP contribution < -0.4 is 0 Å². The number of pyridine rings is 1. The number of aromatic nitrogens is 1. The van der Waals surface area contributed by atoms with E-state index in [1.165, 1.54) is 44.2 Å². The summed E-state index contributed by atoms with van der Waals surface area (Å²) in [5.74, 6) is 0.576. The van der Waals surface area contributed by atoms with Gasteiger partial charge in [0.25, 0.3) is 0 Å².